The average molecular weight is 262 g/mol. The third-order valence-corrected chi connectivity index (χ3v) is 3.83. The number of methoxy groups -OCH3 is 1. The van der Waals surface area contributed by atoms with Crippen molar-refractivity contribution < 1.29 is 9.53 Å². The summed E-state index contributed by atoms with van der Waals surface area (Å²) in [5.41, 5.74) is 9.17. The number of benzene rings is 1. The molecule has 0 fully saturated rings. The van der Waals surface area contributed by atoms with Gasteiger partial charge >= 0.3 is 0 Å². The summed E-state index contributed by atoms with van der Waals surface area (Å²) in [6.07, 6.45) is 2.33. The highest BCUT2D eigenvalue weighted by atomic mass is 16.5. The Hall–Kier alpha value is -1.55. The highest BCUT2D eigenvalue weighted by Crippen LogP contribution is 2.24. The number of fused-ring (bicyclic) bond motifs is 1. The molecule has 104 valence electrons. The van der Waals surface area contributed by atoms with E-state index in [1.807, 2.05) is 24.0 Å². The quantitative estimate of drug-likeness (QED) is 0.844. The summed E-state index contributed by atoms with van der Waals surface area (Å²) in [5, 5.41) is 0. The Morgan fingerprint density at radius 3 is 3.05 bits per heavy atom. The Bertz CT molecular complexity index is 459. The fourth-order valence-electron chi connectivity index (χ4n) is 2.42. The zero-order valence-corrected chi connectivity index (χ0v) is 11.7. The molecule has 1 atom stereocenters. The summed E-state index contributed by atoms with van der Waals surface area (Å²) in [5.74, 6) is 0.192. The molecule has 4 heteroatoms. The van der Waals surface area contributed by atoms with Crippen molar-refractivity contribution in [3.05, 3.63) is 29.3 Å². The molecule has 1 aliphatic heterocycles. The molecule has 0 saturated carbocycles. The number of rotatable bonds is 4. The van der Waals surface area contributed by atoms with Gasteiger partial charge in [-0.3, -0.25) is 4.79 Å². The van der Waals surface area contributed by atoms with Gasteiger partial charge in [0.25, 0.3) is 0 Å². The first kappa shape index (κ1) is 13.9. The van der Waals surface area contributed by atoms with E-state index < -0.39 is 0 Å². The number of carbonyl (C=O) groups excluding carboxylic acids is 1. The number of amides is 1. The number of nitrogens with zero attached hydrogens (tertiary/aromatic N) is 1. The summed E-state index contributed by atoms with van der Waals surface area (Å²) in [6.45, 7) is 3.41. The van der Waals surface area contributed by atoms with Crippen molar-refractivity contribution in [2.24, 2.45) is 0 Å². The van der Waals surface area contributed by atoms with Crippen LogP contribution in [0.5, 0.6) is 0 Å². The molecule has 1 aliphatic rings. The summed E-state index contributed by atoms with van der Waals surface area (Å²) in [6, 6.07) is 5.98. The average Bonchev–Trinajstić information content (AvgIpc) is 2.44. The largest absolute Gasteiger partial charge is 0.398 e. The van der Waals surface area contributed by atoms with E-state index in [9.17, 15) is 4.79 Å². The van der Waals surface area contributed by atoms with Gasteiger partial charge in [0, 0.05) is 32.3 Å². The minimum atomic E-state index is 0.131. The zero-order valence-electron chi connectivity index (χ0n) is 11.7. The Balaban J connectivity index is 1.97. The predicted octanol–water partition coefficient (Wildman–Crippen LogP) is 1.97. The van der Waals surface area contributed by atoms with Gasteiger partial charge in [0.05, 0.1) is 6.10 Å². The van der Waals surface area contributed by atoms with E-state index in [1.54, 1.807) is 7.11 Å². The fraction of sp³-hybridized carbons (Fsp3) is 0.533. The van der Waals surface area contributed by atoms with Crippen LogP contribution < -0.4 is 5.73 Å². The van der Waals surface area contributed by atoms with Gasteiger partial charge in [-0.2, -0.15) is 0 Å². The molecule has 2 rings (SSSR count). The first-order valence-electron chi connectivity index (χ1n) is 6.78. The summed E-state index contributed by atoms with van der Waals surface area (Å²) < 4.78 is 5.17. The molecule has 2 N–H and O–H groups in total. The van der Waals surface area contributed by atoms with E-state index in [4.69, 9.17) is 10.5 Å². The molecule has 1 unspecified atom stereocenters. The van der Waals surface area contributed by atoms with Gasteiger partial charge in [0.2, 0.25) is 5.91 Å². The maximum Gasteiger partial charge on any atom is 0.222 e. The molecule has 0 saturated heterocycles. The van der Waals surface area contributed by atoms with Gasteiger partial charge < -0.3 is 15.4 Å². The maximum atomic E-state index is 12.2. The fourth-order valence-corrected chi connectivity index (χ4v) is 2.42. The monoisotopic (exact) mass is 262 g/mol. The standard InChI is InChI=1S/C15H22N2O2/c1-11(19-2)6-7-15(18)17-9-8-12-4-3-5-14(16)13(12)10-17/h3-5,11H,6-10,16H2,1-2H3. The van der Waals surface area contributed by atoms with E-state index in [-0.39, 0.29) is 12.0 Å². The van der Waals surface area contributed by atoms with Crippen LogP contribution in [-0.4, -0.2) is 30.6 Å². The number of hydrogen-bond donors (Lipinski definition) is 1. The summed E-state index contributed by atoms with van der Waals surface area (Å²) in [7, 11) is 1.67. The van der Waals surface area contributed by atoms with E-state index in [0.717, 1.165) is 30.6 Å². The van der Waals surface area contributed by atoms with Crippen molar-refractivity contribution in [1.29, 1.82) is 0 Å². The summed E-state index contributed by atoms with van der Waals surface area (Å²) >= 11 is 0. The maximum absolute atomic E-state index is 12.2. The van der Waals surface area contributed by atoms with Crippen LogP contribution in [0.15, 0.2) is 18.2 Å². The Morgan fingerprint density at radius 1 is 1.53 bits per heavy atom. The first-order chi connectivity index (χ1) is 9.11. The molecule has 0 aromatic heterocycles. The van der Waals surface area contributed by atoms with E-state index in [1.165, 1.54) is 5.56 Å². The van der Waals surface area contributed by atoms with Gasteiger partial charge in [0.15, 0.2) is 0 Å². The number of nitrogen functional groups attached to an aromatic ring is 1. The predicted molar refractivity (Wildman–Crippen MR) is 75.7 cm³/mol. The highest BCUT2D eigenvalue weighted by Gasteiger charge is 2.22. The van der Waals surface area contributed by atoms with Crippen molar-refractivity contribution >= 4 is 11.6 Å². The minimum Gasteiger partial charge on any atom is -0.398 e. The van der Waals surface area contributed by atoms with Gasteiger partial charge in [-0.05, 0) is 37.0 Å². The number of nitrogens with two attached hydrogens (primary N) is 1. The lowest BCUT2D eigenvalue weighted by molar-refractivity contribution is -0.132. The van der Waals surface area contributed by atoms with Crippen LogP contribution in [0.3, 0.4) is 0 Å². The lowest BCUT2D eigenvalue weighted by atomic mass is 9.98. The number of ether oxygens (including phenoxy) is 1. The molecule has 19 heavy (non-hydrogen) atoms. The van der Waals surface area contributed by atoms with Crippen molar-refractivity contribution in [1.82, 2.24) is 4.90 Å². The highest BCUT2D eigenvalue weighted by molar-refractivity contribution is 5.77. The third-order valence-electron chi connectivity index (χ3n) is 3.83. The van der Waals surface area contributed by atoms with E-state index >= 15 is 0 Å². The van der Waals surface area contributed by atoms with Crippen LogP contribution in [0, 0.1) is 0 Å². The zero-order chi connectivity index (χ0) is 13.8. The summed E-state index contributed by atoms with van der Waals surface area (Å²) in [4.78, 5) is 14.1. The molecule has 1 heterocycles. The van der Waals surface area contributed by atoms with Crippen LogP contribution in [0.25, 0.3) is 0 Å². The SMILES string of the molecule is COC(C)CCC(=O)N1CCc2cccc(N)c2C1. The molecule has 0 aliphatic carbocycles. The molecular formula is C15H22N2O2. The second-order valence-corrected chi connectivity index (χ2v) is 5.14. The van der Waals surface area contributed by atoms with Gasteiger partial charge in [0.1, 0.15) is 0 Å². The molecule has 0 bridgehead atoms. The normalized spacial score (nSPS) is 16.0. The Morgan fingerprint density at radius 2 is 2.32 bits per heavy atom. The van der Waals surface area contributed by atoms with E-state index in [0.29, 0.717) is 13.0 Å². The number of anilines is 1. The van der Waals surface area contributed by atoms with Crippen molar-refractivity contribution in [3.8, 4) is 0 Å². The smallest absolute Gasteiger partial charge is 0.222 e. The van der Waals surface area contributed by atoms with Crippen LogP contribution in [0.1, 0.15) is 30.9 Å². The lowest BCUT2D eigenvalue weighted by Crippen LogP contribution is -2.36. The van der Waals surface area contributed by atoms with Crippen LogP contribution in [-0.2, 0) is 22.5 Å². The van der Waals surface area contributed by atoms with Crippen molar-refractivity contribution in [2.45, 2.75) is 38.8 Å². The Kier molecular flexibility index (Phi) is 4.43. The molecule has 1 aromatic carbocycles. The van der Waals surface area contributed by atoms with Crippen LogP contribution in [0.4, 0.5) is 5.69 Å². The second-order valence-electron chi connectivity index (χ2n) is 5.14. The molecule has 4 nitrogen and oxygen atoms in total. The van der Waals surface area contributed by atoms with E-state index in [2.05, 4.69) is 6.07 Å². The number of hydrogen-bond acceptors (Lipinski definition) is 3. The van der Waals surface area contributed by atoms with Crippen molar-refractivity contribution in [2.75, 3.05) is 19.4 Å². The number of carbonyl (C=O) groups is 1. The van der Waals surface area contributed by atoms with Crippen molar-refractivity contribution in [3.63, 3.8) is 0 Å². The van der Waals surface area contributed by atoms with Gasteiger partial charge in [-0.1, -0.05) is 12.1 Å². The van der Waals surface area contributed by atoms with Gasteiger partial charge in [-0.15, -0.1) is 0 Å². The molecule has 1 aromatic rings. The minimum absolute atomic E-state index is 0.131. The van der Waals surface area contributed by atoms with Crippen LogP contribution in [0.2, 0.25) is 0 Å². The molecular weight excluding hydrogens is 240 g/mol. The molecule has 0 spiro atoms. The lowest BCUT2D eigenvalue weighted by Gasteiger charge is -2.30. The topological polar surface area (TPSA) is 55.6 Å². The second kappa shape index (κ2) is 6.06. The Labute approximate surface area is 114 Å². The molecule has 1 amide bonds. The third kappa shape index (κ3) is 3.26. The van der Waals surface area contributed by atoms with Crippen LogP contribution >= 0.6 is 0 Å². The molecule has 0 radical (unpaired) electrons. The first-order valence-corrected chi connectivity index (χ1v) is 6.78. The van der Waals surface area contributed by atoms with Gasteiger partial charge in [-0.25, -0.2) is 0 Å².